The summed E-state index contributed by atoms with van der Waals surface area (Å²) in [5.41, 5.74) is 2.72. The number of furan rings is 1. The Balaban J connectivity index is 1.78. The maximum Gasteiger partial charge on any atom is 0.374 e. The zero-order valence-electron chi connectivity index (χ0n) is 11.2. The predicted octanol–water partition coefficient (Wildman–Crippen LogP) is 1.85. The molecule has 3 rings (SSSR count). The fraction of sp³-hybridized carbons (Fsp3) is 0.143. The van der Waals surface area contributed by atoms with E-state index >= 15 is 0 Å². The molecule has 1 aromatic carbocycles. The number of nitrogens with one attached hydrogen (secondary N) is 3. The highest BCUT2D eigenvalue weighted by Gasteiger charge is 2.15. The summed E-state index contributed by atoms with van der Waals surface area (Å²) in [6.07, 6.45) is 1.44. The van der Waals surface area contributed by atoms with Crippen LogP contribution in [0.4, 0.5) is 5.69 Å². The van der Waals surface area contributed by atoms with Gasteiger partial charge in [0, 0.05) is 17.8 Å². The number of benzene rings is 1. The highest BCUT2D eigenvalue weighted by molar-refractivity contribution is 5.88. The number of imidazole rings is 1. The van der Waals surface area contributed by atoms with Crippen LogP contribution in [0, 0.1) is 0 Å². The molecule has 0 aliphatic rings. The first-order valence-corrected chi connectivity index (χ1v) is 6.28. The van der Waals surface area contributed by atoms with Gasteiger partial charge in [0.25, 0.3) is 0 Å². The van der Waals surface area contributed by atoms with Crippen molar-refractivity contribution in [3.8, 4) is 0 Å². The van der Waals surface area contributed by atoms with Crippen LogP contribution in [0.5, 0.6) is 0 Å². The maximum absolute atomic E-state index is 11.5. The van der Waals surface area contributed by atoms with Crippen molar-refractivity contribution in [2.24, 2.45) is 0 Å². The molecule has 0 amide bonds. The smallest absolute Gasteiger partial charge is 0.374 e. The van der Waals surface area contributed by atoms with Crippen LogP contribution in [0.15, 0.2) is 39.7 Å². The third-order valence-corrected chi connectivity index (χ3v) is 3.12. The SMILES string of the molecule is COC(=O)c1occc1CNc1ccc2[nH]c(=O)[nH]c2c1. The molecular formula is C14H13N3O4. The second kappa shape index (κ2) is 5.20. The molecule has 0 aliphatic carbocycles. The molecule has 0 aliphatic heterocycles. The normalized spacial score (nSPS) is 10.7. The van der Waals surface area contributed by atoms with Gasteiger partial charge in [0.1, 0.15) is 0 Å². The van der Waals surface area contributed by atoms with Gasteiger partial charge in [-0.15, -0.1) is 0 Å². The summed E-state index contributed by atoms with van der Waals surface area (Å²) in [6.45, 7) is 0.404. The average Bonchev–Trinajstić information content (AvgIpc) is 3.08. The summed E-state index contributed by atoms with van der Waals surface area (Å²) in [6, 6.07) is 7.15. The van der Waals surface area contributed by atoms with E-state index in [9.17, 15) is 9.59 Å². The van der Waals surface area contributed by atoms with Gasteiger partial charge < -0.3 is 24.4 Å². The van der Waals surface area contributed by atoms with Gasteiger partial charge in [0.2, 0.25) is 5.76 Å². The molecule has 3 N–H and O–H groups in total. The highest BCUT2D eigenvalue weighted by Crippen LogP contribution is 2.17. The van der Waals surface area contributed by atoms with Crippen LogP contribution in [-0.2, 0) is 11.3 Å². The second-order valence-corrected chi connectivity index (χ2v) is 4.46. The third-order valence-electron chi connectivity index (χ3n) is 3.12. The fourth-order valence-corrected chi connectivity index (χ4v) is 2.09. The first-order valence-electron chi connectivity index (χ1n) is 6.28. The molecule has 3 aromatic rings. The number of fused-ring (bicyclic) bond motifs is 1. The number of hydrogen-bond acceptors (Lipinski definition) is 5. The molecule has 108 valence electrons. The van der Waals surface area contributed by atoms with Gasteiger partial charge in [0.05, 0.1) is 24.4 Å². The van der Waals surface area contributed by atoms with Crippen LogP contribution < -0.4 is 11.0 Å². The Kier molecular flexibility index (Phi) is 3.23. The summed E-state index contributed by atoms with van der Waals surface area (Å²) in [4.78, 5) is 28.1. The van der Waals surface area contributed by atoms with Crippen LogP contribution in [0.2, 0.25) is 0 Å². The zero-order valence-corrected chi connectivity index (χ0v) is 11.2. The molecule has 0 saturated carbocycles. The van der Waals surface area contributed by atoms with Gasteiger partial charge in [-0.2, -0.15) is 0 Å². The standard InChI is InChI=1S/C14H13N3O4/c1-20-13(18)12-8(4-5-21-12)7-15-9-2-3-10-11(6-9)17-14(19)16-10/h2-6,15H,7H2,1H3,(H2,16,17,19). The summed E-state index contributed by atoms with van der Waals surface area (Å²) >= 11 is 0. The number of methoxy groups -OCH3 is 1. The molecule has 0 saturated heterocycles. The van der Waals surface area contributed by atoms with Gasteiger partial charge in [-0.05, 0) is 24.3 Å². The number of ether oxygens (including phenoxy) is 1. The monoisotopic (exact) mass is 287 g/mol. The summed E-state index contributed by atoms with van der Waals surface area (Å²) in [7, 11) is 1.30. The maximum atomic E-state index is 11.5. The van der Waals surface area contributed by atoms with Crippen molar-refractivity contribution in [1.29, 1.82) is 0 Å². The van der Waals surface area contributed by atoms with Gasteiger partial charge in [-0.3, -0.25) is 0 Å². The highest BCUT2D eigenvalue weighted by atomic mass is 16.5. The van der Waals surface area contributed by atoms with Gasteiger partial charge in [-0.25, -0.2) is 9.59 Å². The Morgan fingerprint density at radius 3 is 2.90 bits per heavy atom. The van der Waals surface area contributed by atoms with Crippen molar-refractivity contribution in [1.82, 2.24) is 9.97 Å². The molecule has 2 aromatic heterocycles. The van der Waals surface area contributed by atoms with E-state index in [1.165, 1.54) is 13.4 Å². The van der Waals surface area contributed by atoms with Crippen LogP contribution in [0.25, 0.3) is 11.0 Å². The quantitative estimate of drug-likeness (QED) is 0.636. The Morgan fingerprint density at radius 1 is 1.29 bits per heavy atom. The van der Waals surface area contributed by atoms with Crippen molar-refractivity contribution in [3.63, 3.8) is 0 Å². The van der Waals surface area contributed by atoms with E-state index < -0.39 is 5.97 Å². The molecule has 0 atom stereocenters. The van der Waals surface area contributed by atoms with E-state index in [2.05, 4.69) is 20.0 Å². The minimum absolute atomic E-state index is 0.182. The van der Waals surface area contributed by atoms with Gasteiger partial charge >= 0.3 is 11.7 Å². The van der Waals surface area contributed by atoms with Crippen LogP contribution in [0.3, 0.4) is 0 Å². The predicted molar refractivity (Wildman–Crippen MR) is 76.3 cm³/mol. The first-order chi connectivity index (χ1) is 10.2. The molecule has 7 nitrogen and oxygen atoms in total. The second-order valence-electron chi connectivity index (χ2n) is 4.46. The number of carbonyl (C=O) groups excluding carboxylic acids is 1. The van der Waals surface area contributed by atoms with E-state index in [0.29, 0.717) is 17.6 Å². The molecule has 0 unspecified atom stereocenters. The lowest BCUT2D eigenvalue weighted by Crippen LogP contribution is -2.06. The van der Waals surface area contributed by atoms with Crippen LogP contribution in [0.1, 0.15) is 16.1 Å². The summed E-state index contributed by atoms with van der Waals surface area (Å²) in [5.74, 6) is -0.330. The number of carbonyl (C=O) groups is 1. The Morgan fingerprint density at radius 2 is 2.10 bits per heavy atom. The van der Waals surface area contributed by atoms with E-state index in [1.54, 1.807) is 12.1 Å². The van der Waals surface area contributed by atoms with E-state index in [4.69, 9.17) is 4.42 Å². The van der Waals surface area contributed by atoms with Crippen molar-refractivity contribution < 1.29 is 13.9 Å². The van der Waals surface area contributed by atoms with Crippen molar-refractivity contribution in [3.05, 3.63) is 52.3 Å². The number of H-pyrrole nitrogens is 2. The molecule has 0 fully saturated rings. The van der Waals surface area contributed by atoms with Crippen LogP contribution >= 0.6 is 0 Å². The molecule has 21 heavy (non-hydrogen) atoms. The minimum Gasteiger partial charge on any atom is -0.463 e. The molecule has 7 heteroatoms. The topological polar surface area (TPSA) is 100 Å². The lowest BCUT2D eigenvalue weighted by Gasteiger charge is -2.06. The van der Waals surface area contributed by atoms with Crippen LogP contribution in [-0.4, -0.2) is 23.0 Å². The molecular weight excluding hydrogens is 274 g/mol. The number of rotatable bonds is 4. The van der Waals surface area contributed by atoms with E-state index in [0.717, 1.165) is 11.2 Å². The lowest BCUT2D eigenvalue weighted by molar-refractivity contribution is 0.0563. The van der Waals surface area contributed by atoms with Gasteiger partial charge in [0.15, 0.2) is 0 Å². The fourth-order valence-electron chi connectivity index (χ4n) is 2.09. The molecule has 2 heterocycles. The number of esters is 1. The summed E-state index contributed by atoms with van der Waals surface area (Å²) < 4.78 is 9.76. The Bertz CT molecular complexity index is 843. The Labute approximate surface area is 118 Å². The number of hydrogen-bond donors (Lipinski definition) is 3. The molecule has 0 radical (unpaired) electrons. The zero-order chi connectivity index (χ0) is 14.8. The average molecular weight is 287 g/mol. The molecule has 0 bridgehead atoms. The van der Waals surface area contributed by atoms with E-state index in [1.807, 2.05) is 12.1 Å². The summed E-state index contributed by atoms with van der Waals surface area (Å²) in [5, 5.41) is 3.16. The van der Waals surface area contributed by atoms with E-state index in [-0.39, 0.29) is 11.4 Å². The number of aromatic nitrogens is 2. The van der Waals surface area contributed by atoms with Crippen molar-refractivity contribution in [2.45, 2.75) is 6.54 Å². The minimum atomic E-state index is -0.512. The largest absolute Gasteiger partial charge is 0.463 e. The number of aromatic amines is 2. The van der Waals surface area contributed by atoms with Crippen molar-refractivity contribution in [2.75, 3.05) is 12.4 Å². The lowest BCUT2D eigenvalue weighted by atomic mass is 10.2. The third kappa shape index (κ3) is 2.53. The molecule has 0 spiro atoms. The Hall–Kier alpha value is -2.96. The van der Waals surface area contributed by atoms with Gasteiger partial charge in [-0.1, -0.05) is 0 Å². The van der Waals surface area contributed by atoms with Crippen molar-refractivity contribution >= 4 is 22.7 Å². The first kappa shape index (κ1) is 13.0. The number of anilines is 1.